The van der Waals surface area contributed by atoms with Gasteiger partial charge in [-0.2, -0.15) is 0 Å². The molecule has 6 heteroatoms. The Bertz CT molecular complexity index is 520. The number of aliphatic hydroxyl groups is 1. The number of carbonyl (C=O) groups is 1. The minimum atomic E-state index is -1.04. The number of amides is 1. The van der Waals surface area contributed by atoms with Crippen LogP contribution in [0.5, 0.6) is 0 Å². The Morgan fingerprint density at radius 1 is 1.38 bits per heavy atom. The average molecular weight is 338 g/mol. The van der Waals surface area contributed by atoms with Gasteiger partial charge in [0.05, 0.1) is 6.26 Å². The van der Waals surface area contributed by atoms with E-state index in [4.69, 9.17) is 9.15 Å². The van der Waals surface area contributed by atoms with Crippen LogP contribution in [0.15, 0.2) is 22.8 Å². The van der Waals surface area contributed by atoms with Crippen LogP contribution in [0.3, 0.4) is 0 Å². The Balaban J connectivity index is 1.82. The van der Waals surface area contributed by atoms with E-state index in [1.54, 1.807) is 30.2 Å². The summed E-state index contributed by atoms with van der Waals surface area (Å²) >= 11 is 0. The lowest BCUT2D eigenvalue weighted by molar-refractivity contribution is 0.0245. The number of carbonyl (C=O) groups excluding carboxylic acids is 1. The van der Waals surface area contributed by atoms with Gasteiger partial charge >= 0.3 is 6.09 Å². The van der Waals surface area contributed by atoms with E-state index >= 15 is 0 Å². The van der Waals surface area contributed by atoms with Crippen LogP contribution in [0.1, 0.15) is 52.7 Å². The van der Waals surface area contributed by atoms with Crippen molar-refractivity contribution in [3.63, 3.8) is 0 Å². The third-order valence-corrected chi connectivity index (χ3v) is 4.17. The minimum Gasteiger partial charge on any atom is -0.466 e. The molecule has 1 aliphatic heterocycles. The number of likely N-dealkylation sites (tertiary alicyclic amines) is 1. The molecule has 2 rings (SSSR count). The summed E-state index contributed by atoms with van der Waals surface area (Å²) in [5.74, 6) is 0.555. The Labute approximate surface area is 144 Å². The van der Waals surface area contributed by atoms with E-state index in [1.165, 1.54) is 0 Å². The average Bonchev–Trinajstić information content (AvgIpc) is 2.90. The fourth-order valence-electron chi connectivity index (χ4n) is 2.82. The fourth-order valence-corrected chi connectivity index (χ4v) is 2.82. The van der Waals surface area contributed by atoms with Gasteiger partial charge in [-0.15, -0.1) is 0 Å². The molecule has 6 nitrogen and oxygen atoms in total. The maximum Gasteiger partial charge on any atom is 0.410 e. The molecule has 1 saturated heterocycles. The van der Waals surface area contributed by atoms with E-state index in [-0.39, 0.29) is 12.1 Å². The second kappa shape index (κ2) is 7.57. The number of nitrogens with one attached hydrogen (secondary N) is 1. The van der Waals surface area contributed by atoms with Gasteiger partial charge in [-0.25, -0.2) is 4.79 Å². The molecule has 1 amide bonds. The zero-order valence-corrected chi connectivity index (χ0v) is 15.2. The quantitative estimate of drug-likeness (QED) is 0.883. The molecule has 1 fully saturated rings. The van der Waals surface area contributed by atoms with Gasteiger partial charge in [-0.3, -0.25) is 0 Å². The fraction of sp³-hybridized carbons (Fsp3) is 0.722. The van der Waals surface area contributed by atoms with Crippen LogP contribution < -0.4 is 5.32 Å². The van der Waals surface area contributed by atoms with E-state index in [0.717, 1.165) is 19.3 Å². The Morgan fingerprint density at radius 3 is 2.75 bits per heavy atom. The first kappa shape index (κ1) is 18.8. The molecule has 24 heavy (non-hydrogen) atoms. The summed E-state index contributed by atoms with van der Waals surface area (Å²) in [6.45, 7) is 9.16. The molecule has 1 aliphatic rings. The molecule has 0 aliphatic carbocycles. The third kappa shape index (κ3) is 5.53. The molecule has 2 N–H and O–H groups in total. The summed E-state index contributed by atoms with van der Waals surface area (Å²) < 4.78 is 10.7. The van der Waals surface area contributed by atoms with Crippen LogP contribution in [0.25, 0.3) is 0 Å². The summed E-state index contributed by atoms with van der Waals surface area (Å²) in [7, 11) is 0. The predicted molar refractivity (Wildman–Crippen MR) is 91.7 cm³/mol. The van der Waals surface area contributed by atoms with Gasteiger partial charge in [0, 0.05) is 25.7 Å². The lowest BCUT2D eigenvalue weighted by atomic mass is 10.0. The first-order valence-electron chi connectivity index (χ1n) is 8.65. The molecular weight excluding hydrogens is 308 g/mol. The summed E-state index contributed by atoms with van der Waals surface area (Å²) in [6, 6.07) is 3.81. The van der Waals surface area contributed by atoms with E-state index in [1.807, 2.05) is 20.8 Å². The van der Waals surface area contributed by atoms with Gasteiger partial charge in [0.1, 0.15) is 17.0 Å². The van der Waals surface area contributed by atoms with Crippen molar-refractivity contribution in [3.05, 3.63) is 24.2 Å². The summed E-state index contributed by atoms with van der Waals surface area (Å²) in [5.41, 5.74) is -1.51. The van der Waals surface area contributed by atoms with Crippen molar-refractivity contribution in [1.29, 1.82) is 0 Å². The lowest BCUT2D eigenvalue weighted by Crippen LogP contribution is -2.41. The van der Waals surface area contributed by atoms with E-state index in [9.17, 15) is 9.90 Å². The molecule has 1 aromatic rings. The summed E-state index contributed by atoms with van der Waals surface area (Å²) in [6.07, 6.45) is 4.04. The highest BCUT2D eigenvalue weighted by atomic mass is 16.6. The highest BCUT2D eigenvalue weighted by Gasteiger charge is 2.29. The van der Waals surface area contributed by atoms with Crippen molar-refractivity contribution < 1.29 is 19.1 Å². The Hall–Kier alpha value is -1.53. The molecule has 0 radical (unpaired) electrons. The molecule has 136 valence electrons. The molecule has 0 spiro atoms. The van der Waals surface area contributed by atoms with Gasteiger partial charge < -0.3 is 24.5 Å². The van der Waals surface area contributed by atoms with E-state index in [2.05, 4.69) is 5.32 Å². The van der Waals surface area contributed by atoms with Crippen molar-refractivity contribution in [3.8, 4) is 0 Å². The number of hydrogen-bond acceptors (Lipinski definition) is 5. The van der Waals surface area contributed by atoms with Crippen molar-refractivity contribution in [2.45, 2.75) is 64.2 Å². The van der Waals surface area contributed by atoms with Gasteiger partial charge in [0.15, 0.2) is 0 Å². The van der Waals surface area contributed by atoms with Gasteiger partial charge in [-0.05, 0) is 59.1 Å². The van der Waals surface area contributed by atoms with Crippen molar-refractivity contribution in [2.24, 2.45) is 0 Å². The molecule has 0 saturated carbocycles. The zero-order chi connectivity index (χ0) is 17.8. The molecule has 2 heterocycles. The van der Waals surface area contributed by atoms with Crippen molar-refractivity contribution >= 4 is 6.09 Å². The molecule has 2 atom stereocenters. The van der Waals surface area contributed by atoms with E-state index in [0.29, 0.717) is 25.4 Å². The van der Waals surface area contributed by atoms with Crippen molar-refractivity contribution in [1.82, 2.24) is 10.2 Å². The number of rotatable bonds is 4. The Morgan fingerprint density at radius 2 is 2.12 bits per heavy atom. The maximum atomic E-state index is 12.2. The lowest BCUT2D eigenvalue weighted by Gasteiger charge is -2.27. The third-order valence-electron chi connectivity index (χ3n) is 4.17. The monoisotopic (exact) mass is 338 g/mol. The second-order valence-corrected chi connectivity index (χ2v) is 7.73. The highest BCUT2D eigenvalue weighted by Crippen LogP contribution is 2.21. The molecule has 0 bridgehead atoms. The maximum absolute atomic E-state index is 12.2. The van der Waals surface area contributed by atoms with Crippen LogP contribution in [0, 0.1) is 0 Å². The number of nitrogens with zero attached hydrogens (tertiary/aromatic N) is 1. The topological polar surface area (TPSA) is 74.9 Å². The minimum absolute atomic E-state index is 0.245. The first-order chi connectivity index (χ1) is 11.2. The van der Waals surface area contributed by atoms with Crippen LogP contribution in [-0.4, -0.2) is 47.4 Å². The van der Waals surface area contributed by atoms with Crippen LogP contribution in [0.4, 0.5) is 4.79 Å². The second-order valence-electron chi connectivity index (χ2n) is 7.73. The molecular formula is C18H30N2O4. The number of hydrogen-bond donors (Lipinski definition) is 2. The van der Waals surface area contributed by atoms with Gasteiger partial charge in [0.2, 0.25) is 0 Å². The zero-order valence-electron chi connectivity index (χ0n) is 15.2. The van der Waals surface area contributed by atoms with Gasteiger partial charge in [-0.1, -0.05) is 0 Å². The van der Waals surface area contributed by atoms with Crippen LogP contribution >= 0.6 is 0 Å². The first-order valence-corrected chi connectivity index (χ1v) is 8.65. The number of furan rings is 1. The largest absolute Gasteiger partial charge is 0.466 e. The normalized spacial score (nSPS) is 21.9. The SMILES string of the molecule is CC(C)(C)OC(=O)N1CCC[C@H](NC[C@@](C)(O)c2ccco2)CC1. The molecule has 0 unspecified atom stereocenters. The van der Waals surface area contributed by atoms with Gasteiger partial charge in [0.25, 0.3) is 0 Å². The predicted octanol–water partition coefficient (Wildman–Crippen LogP) is 2.87. The summed E-state index contributed by atoms with van der Waals surface area (Å²) in [5, 5.41) is 13.9. The standard InChI is InChI=1S/C18H30N2O4/c1-17(2,3)24-16(21)20-10-5-7-14(9-11-20)19-13-18(4,22)15-8-6-12-23-15/h6,8,12,14,19,22H,5,7,9-11,13H2,1-4H3/t14-,18+/m0/s1. The smallest absolute Gasteiger partial charge is 0.410 e. The summed E-state index contributed by atoms with van der Waals surface area (Å²) in [4.78, 5) is 14.0. The molecule has 1 aromatic heterocycles. The van der Waals surface area contributed by atoms with Crippen LogP contribution in [0.2, 0.25) is 0 Å². The highest BCUT2D eigenvalue weighted by molar-refractivity contribution is 5.68. The Kier molecular flexibility index (Phi) is 5.93. The molecule has 0 aromatic carbocycles. The van der Waals surface area contributed by atoms with Crippen LogP contribution in [-0.2, 0) is 10.3 Å². The van der Waals surface area contributed by atoms with E-state index < -0.39 is 11.2 Å². The van der Waals surface area contributed by atoms with Crippen molar-refractivity contribution in [2.75, 3.05) is 19.6 Å². The number of ether oxygens (including phenoxy) is 1.